The highest BCUT2D eigenvalue weighted by molar-refractivity contribution is 7.10. The molecule has 19 heavy (non-hydrogen) atoms. The number of likely N-dealkylation sites (tertiary alicyclic amines) is 1. The summed E-state index contributed by atoms with van der Waals surface area (Å²) in [5.74, 6) is 0.853. The van der Waals surface area contributed by atoms with E-state index in [4.69, 9.17) is 4.52 Å². The van der Waals surface area contributed by atoms with E-state index in [0.29, 0.717) is 5.69 Å². The number of thiophene rings is 1. The average molecular weight is 274 g/mol. The van der Waals surface area contributed by atoms with E-state index in [0.717, 1.165) is 55.7 Å². The molecule has 0 spiro atoms. The lowest BCUT2D eigenvalue weighted by molar-refractivity contribution is 0.0781. The molecule has 0 saturated carbocycles. The van der Waals surface area contributed by atoms with E-state index < -0.39 is 0 Å². The van der Waals surface area contributed by atoms with Gasteiger partial charge in [0.2, 0.25) is 0 Å². The molecule has 3 heterocycles. The van der Waals surface area contributed by atoms with Crippen LogP contribution in [0.25, 0.3) is 11.3 Å². The molecule has 0 radical (unpaired) electrons. The van der Waals surface area contributed by atoms with Crippen molar-refractivity contribution in [3.05, 3.63) is 27.6 Å². The lowest BCUT2D eigenvalue weighted by atomic mass is 9.95. The minimum absolute atomic E-state index is 0.0428. The molecule has 4 rings (SSSR count). The van der Waals surface area contributed by atoms with Gasteiger partial charge in [0, 0.05) is 29.1 Å². The van der Waals surface area contributed by atoms with Crippen LogP contribution < -0.4 is 0 Å². The van der Waals surface area contributed by atoms with E-state index in [-0.39, 0.29) is 5.91 Å². The van der Waals surface area contributed by atoms with Gasteiger partial charge in [-0.2, -0.15) is 0 Å². The van der Waals surface area contributed by atoms with Crippen molar-refractivity contribution in [2.45, 2.75) is 25.7 Å². The van der Waals surface area contributed by atoms with Crippen LogP contribution in [0.15, 0.2) is 16.0 Å². The van der Waals surface area contributed by atoms with E-state index in [1.165, 1.54) is 4.88 Å². The summed E-state index contributed by atoms with van der Waals surface area (Å²) in [6.45, 7) is 1.70. The number of nitrogens with zero attached hydrogens (tertiary/aromatic N) is 2. The fourth-order valence-corrected chi connectivity index (χ4v) is 3.84. The molecule has 1 amide bonds. The SMILES string of the molecule is O=C(c1noc2c1CCc1sccc1-2)N1CCCC1. The molecule has 0 unspecified atom stereocenters. The summed E-state index contributed by atoms with van der Waals surface area (Å²) in [6.07, 6.45) is 4.05. The predicted octanol–water partition coefficient (Wildman–Crippen LogP) is 2.74. The predicted molar refractivity (Wildman–Crippen MR) is 72.4 cm³/mol. The maximum atomic E-state index is 12.4. The van der Waals surface area contributed by atoms with Crippen molar-refractivity contribution < 1.29 is 9.32 Å². The molecule has 2 aromatic rings. The smallest absolute Gasteiger partial charge is 0.276 e. The molecular formula is C14H14N2O2S. The number of aryl methyl sites for hydroxylation is 1. The van der Waals surface area contributed by atoms with Gasteiger partial charge >= 0.3 is 0 Å². The Morgan fingerprint density at radius 1 is 1.32 bits per heavy atom. The number of hydrogen-bond acceptors (Lipinski definition) is 4. The van der Waals surface area contributed by atoms with E-state index in [9.17, 15) is 4.79 Å². The molecule has 0 atom stereocenters. The monoisotopic (exact) mass is 274 g/mol. The third-order valence-corrected chi connectivity index (χ3v) is 4.96. The second-order valence-corrected chi connectivity index (χ2v) is 6.10. The molecule has 1 aliphatic heterocycles. The van der Waals surface area contributed by atoms with Gasteiger partial charge in [0.05, 0.1) is 0 Å². The van der Waals surface area contributed by atoms with Crippen LogP contribution in [0.2, 0.25) is 0 Å². The maximum absolute atomic E-state index is 12.4. The highest BCUT2D eigenvalue weighted by Crippen LogP contribution is 2.38. The van der Waals surface area contributed by atoms with Crippen LogP contribution in [0.1, 0.15) is 33.8 Å². The van der Waals surface area contributed by atoms with Gasteiger partial charge in [0.1, 0.15) is 0 Å². The summed E-state index contributed by atoms with van der Waals surface area (Å²) in [7, 11) is 0. The number of rotatable bonds is 1. The lowest BCUT2D eigenvalue weighted by Gasteiger charge is -2.15. The van der Waals surface area contributed by atoms with Gasteiger partial charge in [-0.1, -0.05) is 5.16 Å². The molecule has 1 fully saturated rings. The molecule has 98 valence electrons. The highest BCUT2D eigenvalue weighted by atomic mass is 32.1. The maximum Gasteiger partial charge on any atom is 0.276 e. The normalized spacial score (nSPS) is 17.4. The molecule has 0 N–H and O–H groups in total. The number of carbonyl (C=O) groups excluding carboxylic acids is 1. The first-order chi connectivity index (χ1) is 9.34. The first-order valence-electron chi connectivity index (χ1n) is 6.69. The average Bonchev–Trinajstić information content (AvgIpc) is 3.16. The minimum Gasteiger partial charge on any atom is -0.355 e. The molecule has 0 bridgehead atoms. The van der Waals surface area contributed by atoms with Crippen molar-refractivity contribution in [2.24, 2.45) is 0 Å². The number of carbonyl (C=O) groups is 1. The molecule has 1 saturated heterocycles. The Balaban J connectivity index is 1.75. The van der Waals surface area contributed by atoms with Crippen LogP contribution in [0.5, 0.6) is 0 Å². The van der Waals surface area contributed by atoms with Crippen LogP contribution in [-0.4, -0.2) is 29.1 Å². The Kier molecular flexibility index (Phi) is 2.48. The molecule has 5 heteroatoms. The van der Waals surface area contributed by atoms with Crippen LogP contribution in [-0.2, 0) is 12.8 Å². The van der Waals surface area contributed by atoms with Crippen molar-refractivity contribution in [3.8, 4) is 11.3 Å². The zero-order chi connectivity index (χ0) is 12.8. The van der Waals surface area contributed by atoms with Crippen molar-refractivity contribution in [1.82, 2.24) is 10.1 Å². The standard InChI is InChI=1S/C14H14N2O2S/c17-14(16-6-1-2-7-16)12-10-3-4-11-9(5-8-19-11)13(10)18-15-12/h5,8H,1-4,6-7H2. The van der Waals surface area contributed by atoms with Crippen LogP contribution in [0, 0.1) is 0 Å². The van der Waals surface area contributed by atoms with E-state index in [1.54, 1.807) is 11.3 Å². The van der Waals surface area contributed by atoms with Gasteiger partial charge in [0.25, 0.3) is 5.91 Å². The van der Waals surface area contributed by atoms with Gasteiger partial charge < -0.3 is 9.42 Å². The zero-order valence-corrected chi connectivity index (χ0v) is 11.3. The first kappa shape index (κ1) is 11.2. The molecule has 1 aliphatic carbocycles. The Labute approximate surface area is 115 Å². The highest BCUT2D eigenvalue weighted by Gasteiger charge is 2.31. The quantitative estimate of drug-likeness (QED) is 0.803. The molecule has 4 nitrogen and oxygen atoms in total. The number of amides is 1. The van der Waals surface area contributed by atoms with E-state index >= 15 is 0 Å². The van der Waals surface area contributed by atoms with E-state index in [1.807, 2.05) is 4.90 Å². The summed E-state index contributed by atoms with van der Waals surface area (Å²) < 4.78 is 5.46. The molecule has 2 aliphatic rings. The van der Waals surface area contributed by atoms with Gasteiger partial charge in [-0.25, -0.2) is 0 Å². The fourth-order valence-electron chi connectivity index (χ4n) is 2.97. The van der Waals surface area contributed by atoms with Gasteiger partial charge in [-0.3, -0.25) is 4.79 Å². The topological polar surface area (TPSA) is 46.3 Å². The third-order valence-electron chi connectivity index (χ3n) is 3.98. The van der Waals surface area contributed by atoms with Crippen LogP contribution in [0.3, 0.4) is 0 Å². The summed E-state index contributed by atoms with van der Waals surface area (Å²) >= 11 is 1.75. The first-order valence-corrected chi connectivity index (χ1v) is 7.57. The Bertz CT molecular complexity index is 638. The Morgan fingerprint density at radius 2 is 2.16 bits per heavy atom. The number of aromatic nitrogens is 1. The van der Waals surface area contributed by atoms with Crippen molar-refractivity contribution in [2.75, 3.05) is 13.1 Å². The Hall–Kier alpha value is -1.62. The third kappa shape index (κ3) is 1.64. The second kappa shape index (κ2) is 4.20. The molecule has 0 aromatic carbocycles. The van der Waals surface area contributed by atoms with Gasteiger partial charge in [0.15, 0.2) is 11.5 Å². The van der Waals surface area contributed by atoms with Crippen LogP contribution >= 0.6 is 11.3 Å². The largest absolute Gasteiger partial charge is 0.355 e. The van der Waals surface area contributed by atoms with E-state index in [2.05, 4.69) is 16.6 Å². The second-order valence-electron chi connectivity index (χ2n) is 5.10. The summed E-state index contributed by atoms with van der Waals surface area (Å²) in [5.41, 5.74) is 2.66. The van der Waals surface area contributed by atoms with Crippen molar-refractivity contribution in [3.63, 3.8) is 0 Å². The van der Waals surface area contributed by atoms with Gasteiger partial charge in [-0.15, -0.1) is 11.3 Å². The summed E-state index contributed by atoms with van der Waals surface area (Å²) in [4.78, 5) is 15.7. The van der Waals surface area contributed by atoms with Crippen LogP contribution in [0.4, 0.5) is 0 Å². The number of fused-ring (bicyclic) bond motifs is 3. The summed E-state index contributed by atoms with van der Waals surface area (Å²) in [6, 6.07) is 2.06. The molecular weight excluding hydrogens is 260 g/mol. The van der Waals surface area contributed by atoms with Gasteiger partial charge in [-0.05, 0) is 37.1 Å². The Morgan fingerprint density at radius 3 is 3.00 bits per heavy atom. The lowest BCUT2D eigenvalue weighted by Crippen LogP contribution is -2.28. The van der Waals surface area contributed by atoms with Crippen molar-refractivity contribution >= 4 is 17.2 Å². The van der Waals surface area contributed by atoms with Crippen molar-refractivity contribution in [1.29, 1.82) is 0 Å². The fraction of sp³-hybridized carbons (Fsp3) is 0.429. The minimum atomic E-state index is 0.0428. The molecule has 2 aromatic heterocycles. The number of hydrogen-bond donors (Lipinski definition) is 0. The zero-order valence-electron chi connectivity index (χ0n) is 10.5. The summed E-state index contributed by atoms with van der Waals surface area (Å²) in [5, 5.41) is 6.13.